The molecule has 3 rings (SSSR count). The van der Waals surface area contributed by atoms with Crippen LogP contribution in [0.3, 0.4) is 0 Å². The molecule has 0 aliphatic carbocycles. The molecule has 4 nitrogen and oxygen atoms in total. The summed E-state index contributed by atoms with van der Waals surface area (Å²) < 4.78 is 25.4. The van der Waals surface area contributed by atoms with Gasteiger partial charge in [-0.15, -0.1) is 0 Å². The lowest BCUT2D eigenvalue weighted by atomic mass is 9.80. The van der Waals surface area contributed by atoms with Crippen LogP contribution in [0.2, 0.25) is 26.2 Å². The molecule has 1 saturated heterocycles. The first-order valence-electron chi connectivity index (χ1n) is 18.1. The Labute approximate surface area is 292 Å². The summed E-state index contributed by atoms with van der Waals surface area (Å²) in [6.45, 7) is 27.9. The Morgan fingerprint density at radius 2 is 1.34 bits per heavy atom. The van der Waals surface area contributed by atoms with Crippen LogP contribution < -0.4 is 0 Å². The maximum absolute atomic E-state index is 6.67. The predicted molar refractivity (Wildman–Crippen MR) is 204 cm³/mol. The SMILES string of the molecule is C[Si](C)OC(c1cc(C=Cc2cccc(CCCCCC(C)(C)OC3CCCCO3)c2)cc(C(O[Si](C)C)C(C)(C)C)c1)C(C)(C)C. The monoisotopic (exact) mass is 678 g/mol. The van der Waals surface area contributed by atoms with Gasteiger partial charge in [0.25, 0.3) is 0 Å². The van der Waals surface area contributed by atoms with Crippen LogP contribution in [0, 0.1) is 10.8 Å². The van der Waals surface area contributed by atoms with Gasteiger partial charge in [-0.3, -0.25) is 0 Å². The Morgan fingerprint density at radius 1 is 0.745 bits per heavy atom. The number of rotatable bonds is 16. The molecule has 1 aliphatic rings. The quantitative estimate of drug-likeness (QED) is 0.101. The van der Waals surface area contributed by atoms with Crippen LogP contribution in [0.4, 0.5) is 0 Å². The third-order valence-corrected chi connectivity index (χ3v) is 10.1. The number of unbranched alkanes of at least 4 members (excludes halogenated alkanes) is 2. The van der Waals surface area contributed by atoms with E-state index in [0.29, 0.717) is 0 Å². The van der Waals surface area contributed by atoms with Crippen molar-refractivity contribution in [1.82, 2.24) is 0 Å². The Hall–Kier alpha value is -1.55. The second kappa shape index (κ2) is 17.9. The van der Waals surface area contributed by atoms with Gasteiger partial charge in [-0.1, -0.05) is 96.9 Å². The molecule has 0 spiro atoms. The third kappa shape index (κ3) is 14.1. The normalized spacial score (nSPS) is 18.0. The lowest BCUT2D eigenvalue weighted by Crippen LogP contribution is -2.34. The maximum atomic E-state index is 6.67. The predicted octanol–water partition coefficient (Wildman–Crippen LogP) is 12.0. The van der Waals surface area contributed by atoms with E-state index in [1.807, 2.05) is 0 Å². The van der Waals surface area contributed by atoms with Crippen LogP contribution in [0.5, 0.6) is 0 Å². The summed E-state index contributed by atoms with van der Waals surface area (Å²) in [5.41, 5.74) is 6.15. The number of hydrogen-bond acceptors (Lipinski definition) is 4. The minimum Gasteiger partial charge on any atom is -0.410 e. The van der Waals surface area contributed by atoms with E-state index in [4.69, 9.17) is 18.3 Å². The van der Waals surface area contributed by atoms with Crippen molar-refractivity contribution in [2.24, 2.45) is 10.8 Å². The Balaban J connectivity index is 1.74. The van der Waals surface area contributed by atoms with E-state index < -0.39 is 18.1 Å². The maximum Gasteiger partial charge on any atom is 0.205 e. The molecular weight excluding hydrogens is 613 g/mol. The van der Waals surface area contributed by atoms with E-state index in [1.165, 1.54) is 53.5 Å². The Kier molecular flexibility index (Phi) is 15.2. The molecule has 2 aromatic rings. The first kappa shape index (κ1) is 39.9. The molecule has 3 unspecified atom stereocenters. The van der Waals surface area contributed by atoms with Crippen LogP contribution in [0.15, 0.2) is 42.5 Å². The number of benzene rings is 2. The fourth-order valence-corrected chi connectivity index (χ4v) is 8.30. The largest absolute Gasteiger partial charge is 0.410 e. The molecule has 47 heavy (non-hydrogen) atoms. The van der Waals surface area contributed by atoms with Crippen LogP contribution in [-0.2, 0) is 24.7 Å². The molecule has 2 aromatic carbocycles. The summed E-state index contributed by atoms with van der Waals surface area (Å²) in [5, 5.41) is 0. The highest BCUT2D eigenvalue weighted by atomic mass is 28.3. The van der Waals surface area contributed by atoms with Gasteiger partial charge in [0.15, 0.2) is 6.29 Å². The molecule has 3 atom stereocenters. The van der Waals surface area contributed by atoms with Gasteiger partial charge >= 0.3 is 0 Å². The number of ether oxygens (including phenoxy) is 2. The van der Waals surface area contributed by atoms with E-state index >= 15 is 0 Å². The van der Waals surface area contributed by atoms with Crippen LogP contribution in [-0.4, -0.2) is 36.6 Å². The highest BCUT2D eigenvalue weighted by Crippen LogP contribution is 2.42. The van der Waals surface area contributed by atoms with Crippen molar-refractivity contribution < 1.29 is 18.3 Å². The van der Waals surface area contributed by atoms with E-state index in [-0.39, 0.29) is 34.9 Å². The molecule has 1 aliphatic heterocycles. The van der Waals surface area contributed by atoms with Gasteiger partial charge in [0.05, 0.1) is 17.8 Å². The summed E-state index contributed by atoms with van der Waals surface area (Å²) in [5.74, 6) is 0. The van der Waals surface area contributed by atoms with Crippen molar-refractivity contribution in [2.75, 3.05) is 6.61 Å². The van der Waals surface area contributed by atoms with Crippen LogP contribution >= 0.6 is 0 Å². The van der Waals surface area contributed by atoms with Gasteiger partial charge in [0.2, 0.25) is 18.1 Å². The van der Waals surface area contributed by atoms with Gasteiger partial charge in [0, 0.05) is 6.61 Å². The fraction of sp³-hybridized carbons (Fsp3) is 0.659. The molecule has 0 bridgehead atoms. The minimum absolute atomic E-state index is 0.0207. The number of aryl methyl sites for hydroxylation is 1. The summed E-state index contributed by atoms with van der Waals surface area (Å²) >= 11 is 0. The van der Waals surface area contributed by atoms with Crippen molar-refractivity contribution in [1.29, 1.82) is 0 Å². The van der Waals surface area contributed by atoms with Gasteiger partial charge in [-0.25, -0.2) is 0 Å². The molecule has 2 radical (unpaired) electrons. The molecule has 0 saturated carbocycles. The molecule has 0 amide bonds. The second-order valence-corrected chi connectivity index (χ2v) is 20.9. The second-order valence-electron chi connectivity index (χ2n) is 16.8. The summed E-state index contributed by atoms with van der Waals surface area (Å²) in [7, 11) is -1.79. The number of hydrogen-bond donors (Lipinski definition) is 0. The zero-order valence-electron chi connectivity index (χ0n) is 31.9. The smallest absolute Gasteiger partial charge is 0.205 e. The topological polar surface area (TPSA) is 36.9 Å². The van der Waals surface area contributed by atoms with E-state index in [1.54, 1.807) is 0 Å². The van der Waals surface area contributed by atoms with E-state index in [0.717, 1.165) is 32.3 Å². The van der Waals surface area contributed by atoms with E-state index in [9.17, 15) is 0 Å². The van der Waals surface area contributed by atoms with E-state index in [2.05, 4.69) is 136 Å². The van der Waals surface area contributed by atoms with Gasteiger partial charge in [-0.05, 0) is 129 Å². The zero-order chi connectivity index (χ0) is 34.8. The molecule has 0 aromatic heterocycles. The lowest BCUT2D eigenvalue weighted by molar-refractivity contribution is -0.217. The first-order valence-corrected chi connectivity index (χ1v) is 22.9. The molecular formula is C41H66O4Si2. The summed E-state index contributed by atoms with van der Waals surface area (Å²) in [6, 6.07) is 16.1. The summed E-state index contributed by atoms with van der Waals surface area (Å²) in [4.78, 5) is 0. The van der Waals surface area contributed by atoms with Crippen LogP contribution in [0.1, 0.15) is 140 Å². The van der Waals surface area contributed by atoms with Crippen molar-refractivity contribution in [3.63, 3.8) is 0 Å². The van der Waals surface area contributed by atoms with Crippen LogP contribution in [0.25, 0.3) is 12.2 Å². The van der Waals surface area contributed by atoms with Gasteiger partial charge < -0.3 is 18.3 Å². The molecule has 1 fully saturated rings. The molecule has 1 heterocycles. The average molecular weight is 679 g/mol. The molecule has 0 N–H and O–H groups in total. The third-order valence-electron chi connectivity index (χ3n) is 8.64. The van der Waals surface area contributed by atoms with Crippen molar-refractivity contribution in [3.8, 4) is 0 Å². The lowest BCUT2D eigenvalue weighted by Gasteiger charge is -2.36. The first-order chi connectivity index (χ1) is 21.9. The highest BCUT2D eigenvalue weighted by Gasteiger charge is 2.32. The van der Waals surface area contributed by atoms with Gasteiger partial charge in [-0.2, -0.15) is 0 Å². The van der Waals surface area contributed by atoms with Crippen molar-refractivity contribution in [3.05, 3.63) is 70.3 Å². The van der Waals surface area contributed by atoms with Crippen molar-refractivity contribution in [2.45, 2.75) is 157 Å². The fourth-order valence-electron chi connectivity index (χ4n) is 6.38. The standard InChI is InChI=1S/C41H66O4Si2/c1-39(2,3)37(44-46(9)10)34-28-33(29-35(30-34)38(40(4,5)6)45-47(11)12)24-23-32-21-18-20-31(27-32)19-14-13-16-25-41(7,8)43-36-22-15-17-26-42-36/h18,20-21,23-24,27-30,36-38H,13-17,19,22,25-26H2,1-12H3. The highest BCUT2D eigenvalue weighted by molar-refractivity contribution is 6.48. The average Bonchev–Trinajstić information content (AvgIpc) is 2.96. The minimum atomic E-state index is -0.895. The Bertz CT molecular complexity index is 1200. The zero-order valence-corrected chi connectivity index (χ0v) is 33.9. The van der Waals surface area contributed by atoms with Crippen molar-refractivity contribution >= 4 is 30.2 Å². The van der Waals surface area contributed by atoms with Gasteiger partial charge in [0.1, 0.15) is 0 Å². The molecule has 6 heteroatoms. The Morgan fingerprint density at radius 3 is 1.87 bits per heavy atom. The molecule has 262 valence electrons. The summed E-state index contributed by atoms with van der Waals surface area (Å²) in [6.07, 6.45) is 13.7.